The van der Waals surface area contributed by atoms with Gasteiger partial charge in [0.1, 0.15) is 0 Å². The van der Waals surface area contributed by atoms with E-state index in [9.17, 15) is 0 Å². The van der Waals surface area contributed by atoms with Crippen molar-refractivity contribution in [1.82, 2.24) is 0 Å². The third kappa shape index (κ3) is 56.5. The summed E-state index contributed by atoms with van der Waals surface area (Å²) < 4.78 is 0. The van der Waals surface area contributed by atoms with Crippen LogP contribution in [0.4, 0.5) is 0 Å². The van der Waals surface area contributed by atoms with Crippen LogP contribution in [0, 0.1) is 47.3 Å². The van der Waals surface area contributed by atoms with Crippen LogP contribution >= 0.6 is 0 Å². The third-order valence-corrected chi connectivity index (χ3v) is 5.16. The molecular weight excluding hydrogens is 360 g/mol. The van der Waals surface area contributed by atoms with Crippen molar-refractivity contribution in [3.63, 3.8) is 0 Å². The lowest BCUT2D eigenvalue weighted by atomic mass is 10.0. The van der Waals surface area contributed by atoms with E-state index in [2.05, 4.69) is 111 Å². The lowest BCUT2D eigenvalue weighted by Crippen LogP contribution is -1.95. The van der Waals surface area contributed by atoms with Crippen molar-refractivity contribution in [1.29, 1.82) is 0 Å². The predicted octanol–water partition coefficient (Wildman–Crippen LogP) is 11.5. The van der Waals surface area contributed by atoms with Crippen LogP contribution in [0.3, 0.4) is 0 Å². The minimum Gasteiger partial charge on any atom is -0.0628 e. The normalized spacial score (nSPS) is 11.2. The molecule has 188 valence electrons. The quantitative estimate of drug-likeness (QED) is 0.324. The smallest absolute Gasteiger partial charge is 0.0448 e. The molecule has 0 aromatic heterocycles. The molecule has 0 fully saturated rings. The van der Waals surface area contributed by atoms with Crippen LogP contribution in [0.15, 0.2) is 0 Å². The topological polar surface area (TPSA) is 0 Å². The highest BCUT2D eigenvalue weighted by molar-refractivity contribution is 4.50. The van der Waals surface area contributed by atoms with E-state index >= 15 is 0 Å². The van der Waals surface area contributed by atoms with Crippen molar-refractivity contribution < 1.29 is 0 Å². The predicted molar refractivity (Wildman–Crippen MR) is 146 cm³/mol. The second kappa shape index (κ2) is 25.3. The van der Waals surface area contributed by atoms with Gasteiger partial charge in [-0.15, -0.1) is 0 Å². The summed E-state index contributed by atoms with van der Waals surface area (Å²) in [5.41, 5.74) is 0. The minimum absolute atomic E-state index is 0.852. The summed E-state index contributed by atoms with van der Waals surface area (Å²) in [4.78, 5) is 0. The average molecular weight is 429 g/mol. The number of rotatable bonds is 10. The van der Waals surface area contributed by atoms with Crippen molar-refractivity contribution in [2.75, 3.05) is 0 Å². The highest BCUT2D eigenvalue weighted by atomic mass is 14.0. The molecule has 0 radical (unpaired) electrons. The summed E-state index contributed by atoms with van der Waals surface area (Å²) in [6, 6.07) is 0. The largest absolute Gasteiger partial charge is 0.0628 e. The first-order chi connectivity index (χ1) is 13.5. The molecule has 0 unspecified atom stereocenters. The van der Waals surface area contributed by atoms with Gasteiger partial charge < -0.3 is 0 Å². The molecule has 0 spiro atoms. The van der Waals surface area contributed by atoms with E-state index in [4.69, 9.17) is 0 Å². The van der Waals surface area contributed by atoms with Gasteiger partial charge in [-0.1, -0.05) is 143 Å². The third-order valence-electron chi connectivity index (χ3n) is 5.16. The Morgan fingerprint density at radius 2 is 0.533 bits per heavy atom. The molecular formula is C30H68. The fourth-order valence-electron chi connectivity index (χ4n) is 2.54. The van der Waals surface area contributed by atoms with Crippen LogP contribution < -0.4 is 0 Å². The van der Waals surface area contributed by atoms with Gasteiger partial charge in [0.05, 0.1) is 0 Å². The average Bonchev–Trinajstić information content (AvgIpc) is 2.52. The van der Waals surface area contributed by atoms with Gasteiger partial charge in [0, 0.05) is 0 Å². The van der Waals surface area contributed by atoms with E-state index in [0.717, 1.165) is 47.3 Å². The Morgan fingerprint density at radius 3 is 0.633 bits per heavy atom. The molecule has 0 saturated heterocycles. The molecule has 0 amide bonds. The van der Waals surface area contributed by atoms with Gasteiger partial charge in [-0.25, -0.2) is 0 Å². The Hall–Kier alpha value is 0. The van der Waals surface area contributed by atoms with E-state index in [1.165, 1.54) is 38.5 Å². The maximum atomic E-state index is 2.29. The first-order valence-corrected chi connectivity index (χ1v) is 13.5. The van der Waals surface area contributed by atoms with Crippen molar-refractivity contribution in [3.8, 4) is 0 Å². The van der Waals surface area contributed by atoms with E-state index in [-0.39, 0.29) is 0 Å². The first-order valence-electron chi connectivity index (χ1n) is 13.5. The number of hydrogen-bond donors (Lipinski definition) is 0. The summed E-state index contributed by atoms with van der Waals surface area (Å²) in [5, 5.41) is 0. The maximum Gasteiger partial charge on any atom is -0.0448 e. The Bertz CT molecular complexity index is 250. The van der Waals surface area contributed by atoms with Gasteiger partial charge in [-0.3, -0.25) is 0 Å². The van der Waals surface area contributed by atoms with Crippen LogP contribution in [-0.2, 0) is 0 Å². The standard InChI is InChI=1S/C9H20.C8H18.C7H16.C6H14/c1-8(2)6-5-7-9(3)4;1-7(2)5-6-8(3)4;1-6(2)5-7(3)4;1-5(2)6(3)4/h8-9H,5-7H2,1-4H3;7-8H,5-6H2,1-4H3;6-7H,5H2,1-4H3;5-6H,1-4H3. The van der Waals surface area contributed by atoms with Crippen molar-refractivity contribution in [2.24, 2.45) is 47.3 Å². The van der Waals surface area contributed by atoms with Crippen LogP contribution in [0.2, 0.25) is 0 Å². The van der Waals surface area contributed by atoms with Crippen LogP contribution in [0.25, 0.3) is 0 Å². The van der Waals surface area contributed by atoms with Gasteiger partial charge in [-0.2, -0.15) is 0 Å². The molecule has 30 heavy (non-hydrogen) atoms. The second-order valence-corrected chi connectivity index (χ2v) is 12.6. The molecule has 0 aliphatic carbocycles. The van der Waals surface area contributed by atoms with Gasteiger partial charge in [0.25, 0.3) is 0 Å². The molecule has 0 saturated carbocycles. The van der Waals surface area contributed by atoms with Crippen LogP contribution in [-0.4, -0.2) is 0 Å². The second-order valence-electron chi connectivity index (χ2n) is 12.6. The van der Waals surface area contributed by atoms with Crippen LogP contribution in [0.1, 0.15) is 149 Å². The Kier molecular flexibility index (Phi) is 31.4. The minimum atomic E-state index is 0.852. The molecule has 0 heterocycles. The first kappa shape index (κ1) is 37.3. The van der Waals surface area contributed by atoms with E-state index < -0.39 is 0 Å². The molecule has 0 rings (SSSR count). The molecule has 0 atom stereocenters. The Morgan fingerprint density at radius 1 is 0.300 bits per heavy atom. The van der Waals surface area contributed by atoms with E-state index in [1.54, 1.807) is 0 Å². The summed E-state index contributed by atoms with van der Waals surface area (Å²) in [6.07, 6.45) is 8.35. The summed E-state index contributed by atoms with van der Waals surface area (Å²) in [6.45, 7) is 36.3. The lowest BCUT2D eigenvalue weighted by molar-refractivity contribution is 0.457. The van der Waals surface area contributed by atoms with E-state index in [0.29, 0.717) is 0 Å². The molecule has 0 aromatic carbocycles. The Balaban J connectivity index is -0.000000152. The van der Waals surface area contributed by atoms with Gasteiger partial charge >= 0.3 is 0 Å². The van der Waals surface area contributed by atoms with Crippen molar-refractivity contribution in [3.05, 3.63) is 0 Å². The zero-order valence-corrected chi connectivity index (χ0v) is 24.9. The van der Waals surface area contributed by atoms with Gasteiger partial charge in [-0.05, 0) is 53.8 Å². The Labute approximate surface area is 196 Å². The summed E-state index contributed by atoms with van der Waals surface area (Å²) in [5.74, 6) is 7.01. The highest BCUT2D eigenvalue weighted by Gasteiger charge is 1.97. The molecule has 0 nitrogen and oxygen atoms in total. The lowest BCUT2D eigenvalue weighted by Gasteiger charge is -2.05. The van der Waals surface area contributed by atoms with E-state index in [1.807, 2.05) is 0 Å². The molecule has 0 bridgehead atoms. The highest BCUT2D eigenvalue weighted by Crippen LogP contribution is 2.11. The molecule has 0 aromatic rings. The molecule has 0 aliphatic heterocycles. The van der Waals surface area contributed by atoms with Crippen LogP contribution in [0.5, 0.6) is 0 Å². The monoisotopic (exact) mass is 429 g/mol. The van der Waals surface area contributed by atoms with Gasteiger partial charge in [0.2, 0.25) is 0 Å². The van der Waals surface area contributed by atoms with Gasteiger partial charge in [0.15, 0.2) is 0 Å². The fourth-order valence-corrected chi connectivity index (χ4v) is 2.54. The maximum absolute atomic E-state index is 2.29. The number of hydrogen-bond acceptors (Lipinski definition) is 0. The summed E-state index contributed by atoms with van der Waals surface area (Å²) >= 11 is 0. The molecule has 0 aliphatic rings. The fraction of sp³-hybridized carbons (Fsp3) is 1.00. The SMILES string of the molecule is CC(C)C(C)C.CC(C)CC(C)C.CC(C)CCC(C)C.CC(C)CCCC(C)C. The van der Waals surface area contributed by atoms with Crippen molar-refractivity contribution in [2.45, 2.75) is 149 Å². The molecule has 0 heteroatoms. The zero-order chi connectivity index (χ0) is 24.9. The molecule has 0 N–H and O–H groups in total. The summed E-state index contributed by atoms with van der Waals surface area (Å²) in [7, 11) is 0. The zero-order valence-electron chi connectivity index (χ0n) is 24.9. The van der Waals surface area contributed by atoms with Crippen molar-refractivity contribution >= 4 is 0 Å².